The molecule has 2 nitrogen and oxygen atoms in total. The maximum atomic E-state index is 5.16. The molecule has 0 aliphatic rings. The zero-order chi connectivity index (χ0) is 27.5. The lowest BCUT2D eigenvalue weighted by molar-refractivity contribution is 0.597. The molecule has 40 heavy (non-hydrogen) atoms. The molecule has 0 unspecified atom stereocenters. The summed E-state index contributed by atoms with van der Waals surface area (Å²) in [4.78, 5) is 10.3. The first kappa shape index (κ1) is 25.5. The third kappa shape index (κ3) is 5.09. The van der Waals surface area contributed by atoms with Crippen LogP contribution in [0.2, 0.25) is 0 Å². The summed E-state index contributed by atoms with van der Waals surface area (Å²) in [6.45, 7) is 6.57. The lowest BCUT2D eigenvalue weighted by Crippen LogP contribution is -2.22. The van der Waals surface area contributed by atoms with E-state index in [4.69, 9.17) is 9.97 Å². The smallest absolute Gasteiger partial charge is 0.0708 e. The SMILES string of the molecule is Cc1cc(-c2ccccc2)ccc1-c1cccc(C(C)(C)c2cccc(-c3ccc(-c4ccccc4)cc3)n2)n1. The second-order valence-electron chi connectivity index (χ2n) is 10.8. The summed E-state index contributed by atoms with van der Waals surface area (Å²) in [7, 11) is 0. The third-order valence-corrected chi connectivity index (χ3v) is 7.68. The Labute approximate surface area is 237 Å². The van der Waals surface area contributed by atoms with E-state index in [-0.39, 0.29) is 5.41 Å². The molecule has 0 atom stereocenters. The van der Waals surface area contributed by atoms with E-state index < -0.39 is 0 Å². The van der Waals surface area contributed by atoms with Crippen LogP contribution in [0.1, 0.15) is 30.8 Å². The van der Waals surface area contributed by atoms with Crippen LogP contribution in [-0.4, -0.2) is 9.97 Å². The second-order valence-corrected chi connectivity index (χ2v) is 10.8. The van der Waals surface area contributed by atoms with Gasteiger partial charge in [-0.2, -0.15) is 0 Å². The molecule has 0 N–H and O–H groups in total. The fourth-order valence-electron chi connectivity index (χ4n) is 5.23. The van der Waals surface area contributed by atoms with Crippen molar-refractivity contribution in [2.45, 2.75) is 26.2 Å². The minimum absolute atomic E-state index is 0.367. The molecule has 0 amide bonds. The molecule has 0 saturated carbocycles. The highest BCUT2D eigenvalue weighted by atomic mass is 14.8. The number of benzene rings is 4. The molecule has 0 fully saturated rings. The number of nitrogens with zero attached hydrogens (tertiary/aromatic N) is 2. The summed E-state index contributed by atoms with van der Waals surface area (Å²) < 4.78 is 0. The van der Waals surface area contributed by atoms with E-state index in [0.29, 0.717) is 0 Å². The highest BCUT2D eigenvalue weighted by Gasteiger charge is 2.27. The molecule has 0 saturated heterocycles. The van der Waals surface area contributed by atoms with Crippen LogP contribution in [0, 0.1) is 6.92 Å². The topological polar surface area (TPSA) is 25.8 Å². The maximum absolute atomic E-state index is 5.16. The Balaban J connectivity index is 1.29. The van der Waals surface area contributed by atoms with Gasteiger partial charge < -0.3 is 0 Å². The molecule has 4 aromatic carbocycles. The van der Waals surface area contributed by atoms with Gasteiger partial charge in [-0.05, 0) is 72.9 Å². The molecule has 2 heterocycles. The molecular formula is C38H32N2. The van der Waals surface area contributed by atoms with Crippen molar-refractivity contribution in [2.75, 3.05) is 0 Å². The van der Waals surface area contributed by atoms with Gasteiger partial charge in [0, 0.05) is 16.5 Å². The van der Waals surface area contributed by atoms with Crippen LogP contribution in [0.5, 0.6) is 0 Å². The van der Waals surface area contributed by atoms with Crippen LogP contribution in [0.3, 0.4) is 0 Å². The van der Waals surface area contributed by atoms with Gasteiger partial charge in [0.25, 0.3) is 0 Å². The first-order valence-corrected chi connectivity index (χ1v) is 13.8. The molecule has 0 bridgehead atoms. The number of aryl methyl sites for hydroxylation is 1. The van der Waals surface area contributed by atoms with Crippen LogP contribution in [0.4, 0.5) is 0 Å². The molecule has 2 aromatic heterocycles. The Morgan fingerprint density at radius 2 is 0.900 bits per heavy atom. The van der Waals surface area contributed by atoms with Crippen LogP contribution in [0.25, 0.3) is 44.8 Å². The van der Waals surface area contributed by atoms with E-state index in [2.05, 4.69) is 148 Å². The number of hydrogen-bond donors (Lipinski definition) is 0. The van der Waals surface area contributed by atoms with Gasteiger partial charge >= 0.3 is 0 Å². The van der Waals surface area contributed by atoms with Gasteiger partial charge in [-0.15, -0.1) is 0 Å². The predicted molar refractivity (Wildman–Crippen MR) is 167 cm³/mol. The standard InChI is InChI=1S/C38H32N2/c1-27-26-32(29-14-8-5-9-15-29)24-25-33(27)35-17-11-19-37(40-35)38(2,3)36-18-10-16-34(39-36)31-22-20-30(21-23-31)28-12-6-4-7-13-28/h4-26H,1-3H3. The lowest BCUT2D eigenvalue weighted by atomic mass is 9.84. The number of rotatable bonds is 6. The number of aromatic nitrogens is 2. The van der Waals surface area contributed by atoms with E-state index in [9.17, 15) is 0 Å². The Hall–Kier alpha value is -4.82. The summed E-state index contributed by atoms with van der Waals surface area (Å²) in [6, 6.07) is 48.8. The first-order chi connectivity index (χ1) is 19.5. The number of hydrogen-bond acceptors (Lipinski definition) is 2. The average molecular weight is 517 g/mol. The van der Waals surface area contributed by atoms with Crippen molar-refractivity contribution in [3.05, 3.63) is 156 Å². The summed E-state index contributed by atoms with van der Waals surface area (Å²) in [5.41, 5.74) is 11.9. The van der Waals surface area contributed by atoms with Crippen LogP contribution in [0.15, 0.2) is 140 Å². The van der Waals surface area contributed by atoms with Gasteiger partial charge in [0.1, 0.15) is 0 Å². The van der Waals surface area contributed by atoms with Crippen LogP contribution < -0.4 is 0 Å². The monoisotopic (exact) mass is 516 g/mol. The molecule has 2 heteroatoms. The van der Waals surface area contributed by atoms with Gasteiger partial charge in [0.2, 0.25) is 0 Å². The highest BCUT2D eigenvalue weighted by molar-refractivity contribution is 5.72. The van der Waals surface area contributed by atoms with Gasteiger partial charge in [0.15, 0.2) is 0 Å². The van der Waals surface area contributed by atoms with E-state index in [1.165, 1.54) is 27.8 Å². The minimum atomic E-state index is -0.367. The molecule has 0 aliphatic heterocycles. The quantitative estimate of drug-likeness (QED) is 0.220. The Bertz CT molecular complexity index is 1750. The molecule has 194 valence electrons. The Morgan fingerprint density at radius 3 is 1.50 bits per heavy atom. The van der Waals surface area contributed by atoms with Gasteiger partial charge in [-0.25, -0.2) is 0 Å². The summed E-state index contributed by atoms with van der Waals surface area (Å²) in [5.74, 6) is 0. The number of pyridine rings is 2. The summed E-state index contributed by atoms with van der Waals surface area (Å²) in [6.07, 6.45) is 0. The fourth-order valence-corrected chi connectivity index (χ4v) is 5.23. The molecule has 6 rings (SSSR count). The third-order valence-electron chi connectivity index (χ3n) is 7.68. The van der Waals surface area contributed by atoms with Gasteiger partial charge in [-0.3, -0.25) is 9.97 Å². The maximum Gasteiger partial charge on any atom is 0.0708 e. The molecule has 0 radical (unpaired) electrons. The molecule has 0 aliphatic carbocycles. The van der Waals surface area contributed by atoms with Crippen molar-refractivity contribution < 1.29 is 0 Å². The largest absolute Gasteiger partial charge is 0.252 e. The van der Waals surface area contributed by atoms with E-state index in [0.717, 1.165) is 33.9 Å². The van der Waals surface area contributed by atoms with Crippen molar-refractivity contribution in [2.24, 2.45) is 0 Å². The molecule has 0 spiro atoms. The predicted octanol–water partition coefficient (Wildman–Crippen LogP) is 9.78. The van der Waals surface area contributed by atoms with Crippen LogP contribution >= 0.6 is 0 Å². The van der Waals surface area contributed by atoms with E-state index in [1.807, 2.05) is 12.1 Å². The van der Waals surface area contributed by atoms with E-state index in [1.54, 1.807) is 0 Å². The second kappa shape index (κ2) is 10.7. The minimum Gasteiger partial charge on any atom is -0.252 e. The zero-order valence-electron chi connectivity index (χ0n) is 23.2. The summed E-state index contributed by atoms with van der Waals surface area (Å²) in [5, 5.41) is 0. The zero-order valence-corrected chi connectivity index (χ0v) is 23.2. The molecular weight excluding hydrogens is 484 g/mol. The highest BCUT2D eigenvalue weighted by Crippen LogP contribution is 2.34. The van der Waals surface area contributed by atoms with Gasteiger partial charge in [0.05, 0.1) is 22.8 Å². The van der Waals surface area contributed by atoms with Crippen LogP contribution in [-0.2, 0) is 5.41 Å². The first-order valence-electron chi connectivity index (χ1n) is 13.8. The Morgan fingerprint density at radius 1 is 0.425 bits per heavy atom. The van der Waals surface area contributed by atoms with Crippen molar-refractivity contribution in [3.63, 3.8) is 0 Å². The molecule has 6 aromatic rings. The Kier molecular flexibility index (Phi) is 6.84. The van der Waals surface area contributed by atoms with Crippen molar-refractivity contribution in [1.29, 1.82) is 0 Å². The average Bonchev–Trinajstić information content (AvgIpc) is 3.02. The van der Waals surface area contributed by atoms with Crippen molar-refractivity contribution >= 4 is 0 Å². The van der Waals surface area contributed by atoms with E-state index >= 15 is 0 Å². The lowest BCUT2D eigenvalue weighted by Gasteiger charge is -2.25. The van der Waals surface area contributed by atoms with Crippen molar-refractivity contribution in [3.8, 4) is 44.8 Å². The fraction of sp³-hybridized carbons (Fsp3) is 0.105. The van der Waals surface area contributed by atoms with Crippen molar-refractivity contribution in [1.82, 2.24) is 9.97 Å². The van der Waals surface area contributed by atoms with Gasteiger partial charge in [-0.1, -0.05) is 115 Å². The summed E-state index contributed by atoms with van der Waals surface area (Å²) >= 11 is 0. The normalized spacial score (nSPS) is 11.4.